The van der Waals surface area contributed by atoms with Crippen LogP contribution in [-0.2, 0) is 10.0 Å². The molecular formula is C24H29BrCl2N4O4S. The summed E-state index contributed by atoms with van der Waals surface area (Å²) in [6, 6.07) is 9.71. The Labute approximate surface area is 230 Å². The van der Waals surface area contributed by atoms with Crippen molar-refractivity contribution in [2.75, 3.05) is 52.4 Å². The zero-order valence-electron chi connectivity index (χ0n) is 19.7. The first-order valence-corrected chi connectivity index (χ1v) is 14.9. The first-order valence-electron chi connectivity index (χ1n) is 11.9. The van der Waals surface area contributed by atoms with Gasteiger partial charge in [0.1, 0.15) is 11.9 Å². The van der Waals surface area contributed by atoms with Crippen molar-refractivity contribution in [1.82, 2.24) is 19.8 Å². The monoisotopic (exact) mass is 618 g/mol. The average molecular weight is 620 g/mol. The van der Waals surface area contributed by atoms with E-state index in [-0.39, 0.29) is 16.9 Å². The molecule has 0 saturated carbocycles. The maximum Gasteiger partial charge on any atom is 0.251 e. The van der Waals surface area contributed by atoms with E-state index < -0.39 is 10.0 Å². The average Bonchev–Trinajstić information content (AvgIpc) is 2.87. The van der Waals surface area contributed by atoms with Crippen molar-refractivity contribution in [2.45, 2.75) is 23.8 Å². The molecule has 36 heavy (non-hydrogen) atoms. The molecule has 4 rings (SSSR count). The number of hydrogen-bond acceptors (Lipinski definition) is 6. The van der Waals surface area contributed by atoms with Crippen molar-refractivity contribution < 1.29 is 17.9 Å². The molecule has 2 heterocycles. The molecule has 1 amide bonds. The van der Waals surface area contributed by atoms with E-state index >= 15 is 0 Å². The van der Waals surface area contributed by atoms with Crippen molar-refractivity contribution in [1.29, 1.82) is 0 Å². The maximum absolute atomic E-state index is 13.2. The molecule has 2 N–H and O–H groups in total. The van der Waals surface area contributed by atoms with Crippen LogP contribution in [-0.4, -0.2) is 82.0 Å². The molecule has 2 aromatic carbocycles. The highest BCUT2D eigenvalue weighted by Crippen LogP contribution is 2.31. The number of sulfonamides is 1. The number of nitrogens with zero attached hydrogens (tertiary/aromatic N) is 2. The predicted molar refractivity (Wildman–Crippen MR) is 145 cm³/mol. The summed E-state index contributed by atoms with van der Waals surface area (Å²) >= 11 is 15.4. The minimum atomic E-state index is -3.62. The highest BCUT2D eigenvalue weighted by atomic mass is 79.9. The Morgan fingerprint density at radius 2 is 1.78 bits per heavy atom. The van der Waals surface area contributed by atoms with Gasteiger partial charge in [0.15, 0.2) is 0 Å². The quantitative estimate of drug-likeness (QED) is 0.469. The third-order valence-corrected chi connectivity index (χ3v) is 9.60. The summed E-state index contributed by atoms with van der Waals surface area (Å²) in [4.78, 5) is 14.7. The van der Waals surface area contributed by atoms with Gasteiger partial charge in [-0.05, 0) is 78.3 Å². The van der Waals surface area contributed by atoms with Gasteiger partial charge < -0.3 is 15.4 Å². The number of halogens is 3. The minimum absolute atomic E-state index is 0.131. The molecule has 196 valence electrons. The van der Waals surface area contributed by atoms with E-state index in [0.29, 0.717) is 65.1 Å². The Balaban J connectivity index is 1.26. The van der Waals surface area contributed by atoms with Crippen LogP contribution in [0.4, 0.5) is 0 Å². The van der Waals surface area contributed by atoms with Crippen LogP contribution < -0.4 is 15.4 Å². The number of ether oxygens (including phenoxy) is 1. The summed E-state index contributed by atoms with van der Waals surface area (Å²) in [5, 5.41) is 6.90. The first-order chi connectivity index (χ1) is 17.2. The van der Waals surface area contributed by atoms with E-state index in [0.717, 1.165) is 25.9 Å². The van der Waals surface area contributed by atoms with Crippen LogP contribution in [0, 0.1) is 0 Å². The Kier molecular flexibility index (Phi) is 9.54. The highest BCUT2D eigenvalue weighted by Gasteiger charge is 2.29. The molecular weight excluding hydrogens is 591 g/mol. The van der Waals surface area contributed by atoms with Gasteiger partial charge in [-0.1, -0.05) is 23.2 Å². The fourth-order valence-corrected chi connectivity index (χ4v) is 6.61. The van der Waals surface area contributed by atoms with Gasteiger partial charge in [-0.25, -0.2) is 8.42 Å². The van der Waals surface area contributed by atoms with Gasteiger partial charge in [0.25, 0.3) is 5.91 Å². The van der Waals surface area contributed by atoms with Crippen LogP contribution in [0.3, 0.4) is 0 Å². The largest absolute Gasteiger partial charge is 0.489 e. The van der Waals surface area contributed by atoms with Crippen LogP contribution in [0.2, 0.25) is 10.0 Å². The molecule has 0 unspecified atom stereocenters. The lowest BCUT2D eigenvalue weighted by Gasteiger charge is -2.34. The van der Waals surface area contributed by atoms with E-state index in [9.17, 15) is 13.2 Å². The molecule has 0 radical (unpaired) electrons. The molecule has 2 aliphatic heterocycles. The van der Waals surface area contributed by atoms with E-state index in [1.165, 1.54) is 10.4 Å². The zero-order valence-corrected chi connectivity index (χ0v) is 23.6. The zero-order chi connectivity index (χ0) is 25.7. The summed E-state index contributed by atoms with van der Waals surface area (Å²) in [6.45, 7) is 4.84. The Morgan fingerprint density at radius 1 is 1.06 bits per heavy atom. The Hall–Kier alpha value is -1.40. The number of carbonyl (C=O) groups is 1. The lowest BCUT2D eigenvalue weighted by molar-refractivity contribution is 0.0945. The maximum atomic E-state index is 13.2. The Morgan fingerprint density at radius 3 is 2.44 bits per heavy atom. The van der Waals surface area contributed by atoms with Crippen molar-refractivity contribution in [3.63, 3.8) is 0 Å². The number of nitrogens with one attached hydrogen (secondary N) is 2. The number of rotatable bonds is 8. The third kappa shape index (κ3) is 6.92. The van der Waals surface area contributed by atoms with Gasteiger partial charge in [0.05, 0.1) is 19.4 Å². The number of benzene rings is 2. The van der Waals surface area contributed by atoms with Crippen molar-refractivity contribution in [3.05, 3.63) is 56.5 Å². The first kappa shape index (κ1) is 27.6. The molecule has 2 aliphatic rings. The van der Waals surface area contributed by atoms with E-state index in [4.69, 9.17) is 27.9 Å². The van der Waals surface area contributed by atoms with Gasteiger partial charge in [-0.15, -0.1) is 0 Å². The number of hydrogen-bond donors (Lipinski definition) is 2. The van der Waals surface area contributed by atoms with Crippen LogP contribution >= 0.6 is 39.1 Å². The topological polar surface area (TPSA) is 91.0 Å². The highest BCUT2D eigenvalue weighted by molar-refractivity contribution is 9.10. The molecule has 2 aromatic rings. The van der Waals surface area contributed by atoms with Gasteiger partial charge in [0.2, 0.25) is 10.0 Å². The number of piperidine rings is 1. The lowest BCUT2D eigenvalue weighted by atomic mass is 10.1. The Bertz CT molecular complexity index is 1190. The number of amides is 1. The molecule has 2 saturated heterocycles. The van der Waals surface area contributed by atoms with Gasteiger partial charge in [-0.2, -0.15) is 4.31 Å². The van der Waals surface area contributed by atoms with Crippen LogP contribution in [0.15, 0.2) is 45.8 Å². The van der Waals surface area contributed by atoms with Crippen molar-refractivity contribution >= 4 is 55.1 Å². The molecule has 0 spiro atoms. The third-order valence-electron chi connectivity index (χ3n) is 6.35. The molecule has 0 bridgehead atoms. The second-order valence-electron chi connectivity index (χ2n) is 8.79. The number of piperazine rings is 1. The van der Waals surface area contributed by atoms with Gasteiger partial charge >= 0.3 is 0 Å². The second kappa shape index (κ2) is 12.4. The summed E-state index contributed by atoms with van der Waals surface area (Å²) in [5.74, 6) is 0.432. The molecule has 8 nitrogen and oxygen atoms in total. The van der Waals surface area contributed by atoms with Crippen molar-refractivity contribution in [3.8, 4) is 5.75 Å². The smallest absolute Gasteiger partial charge is 0.251 e. The van der Waals surface area contributed by atoms with E-state index in [2.05, 4.69) is 31.5 Å². The van der Waals surface area contributed by atoms with Crippen LogP contribution in [0.5, 0.6) is 5.75 Å². The molecule has 0 aromatic heterocycles. The normalized spacial score (nSPS) is 18.2. The summed E-state index contributed by atoms with van der Waals surface area (Å²) < 4.78 is 34.6. The van der Waals surface area contributed by atoms with Crippen molar-refractivity contribution in [2.24, 2.45) is 0 Å². The fraction of sp³-hybridized carbons (Fsp3) is 0.458. The summed E-state index contributed by atoms with van der Waals surface area (Å²) in [5.41, 5.74) is 0.443. The van der Waals surface area contributed by atoms with Crippen LogP contribution in [0.1, 0.15) is 23.2 Å². The van der Waals surface area contributed by atoms with E-state index in [1.807, 2.05) is 0 Å². The lowest BCUT2D eigenvalue weighted by Crippen LogP contribution is -2.50. The van der Waals surface area contributed by atoms with E-state index in [1.54, 1.807) is 30.3 Å². The molecule has 2 fully saturated rings. The SMILES string of the molecule is O=C(NCCN1CCN(S(=O)(=O)c2ccc(OC3CCNCC3)c(Br)c2)CC1)c1ccc(Cl)c(Cl)c1. The summed E-state index contributed by atoms with van der Waals surface area (Å²) in [6.07, 6.45) is 1.98. The van der Waals surface area contributed by atoms with Gasteiger partial charge in [-0.3, -0.25) is 9.69 Å². The molecule has 12 heteroatoms. The standard InChI is InChI=1S/C24H29BrCl2N4O4S/c25-20-16-19(2-4-23(20)35-18-5-7-28-8-6-18)36(33,34)31-13-11-30(12-14-31)10-9-29-24(32)17-1-3-21(26)22(27)15-17/h1-4,15-16,18,28H,5-14H2,(H,29,32). The van der Waals surface area contributed by atoms with Crippen LogP contribution in [0.25, 0.3) is 0 Å². The second-order valence-corrected chi connectivity index (χ2v) is 12.4. The van der Waals surface area contributed by atoms with Gasteiger partial charge in [0, 0.05) is 44.8 Å². The molecule has 0 atom stereocenters. The predicted octanol–water partition coefficient (Wildman–Crippen LogP) is 3.62. The summed E-state index contributed by atoms with van der Waals surface area (Å²) in [7, 11) is -3.62. The fourth-order valence-electron chi connectivity index (χ4n) is 4.24. The number of carbonyl (C=O) groups excluding carboxylic acids is 1. The molecule has 0 aliphatic carbocycles. The minimum Gasteiger partial charge on any atom is -0.489 e.